The Kier molecular flexibility index (Phi) is 6.01. The Bertz CT molecular complexity index is 1140. The summed E-state index contributed by atoms with van der Waals surface area (Å²) in [6, 6.07) is 6.41. The number of anilines is 1. The van der Waals surface area contributed by atoms with Crippen molar-refractivity contribution in [2.45, 2.75) is 44.3 Å². The van der Waals surface area contributed by atoms with Crippen molar-refractivity contribution in [2.24, 2.45) is 5.92 Å². The molecule has 1 N–H and O–H groups in total. The van der Waals surface area contributed by atoms with Crippen molar-refractivity contribution in [1.29, 1.82) is 0 Å². The van der Waals surface area contributed by atoms with Gasteiger partial charge < -0.3 is 4.90 Å². The number of hydrogen-bond donors (Lipinski definition) is 1. The fourth-order valence-electron chi connectivity index (χ4n) is 4.21. The number of aromatic nitrogens is 4. The van der Waals surface area contributed by atoms with Gasteiger partial charge in [-0.1, -0.05) is 12.1 Å². The Morgan fingerprint density at radius 3 is 2.61 bits per heavy atom. The second-order valence-electron chi connectivity index (χ2n) is 8.82. The number of hydrogen-bond acceptors (Lipinski definition) is 5. The van der Waals surface area contributed by atoms with Gasteiger partial charge in [0.05, 0.1) is 17.8 Å². The minimum atomic E-state index is -2.98. The highest BCUT2D eigenvalue weighted by Crippen LogP contribution is 2.35. The van der Waals surface area contributed by atoms with E-state index in [0.29, 0.717) is 37.5 Å². The Morgan fingerprint density at radius 1 is 1.09 bits per heavy atom. The molecule has 1 aliphatic carbocycles. The Hall–Kier alpha value is -3.01. The summed E-state index contributed by atoms with van der Waals surface area (Å²) in [5.74, 6) is -0.270. The van der Waals surface area contributed by atoms with Crippen LogP contribution in [0.2, 0.25) is 0 Å². The maximum absolute atomic E-state index is 13.3. The first kappa shape index (κ1) is 21.8. The summed E-state index contributed by atoms with van der Waals surface area (Å²) in [6.45, 7) is 0.505. The second kappa shape index (κ2) is 9.09. The molecule has 174 valence electrons. The number of amides is 1. The normalized spacial score (nSPS) is 18.7. The molecule has 2 aromatic heterocycles. The predicted octanol–water partition coefficient (Wildman–Crippen LogP) is 4.08. The number of alkyl halides is 3. The number of piperidine rings is 1. The first-order chi connectivity index (χ1) is 16.0. The van der Waals surface area contributed by atoms with Gasteiger partial charge in [-0.15, -0.1) is 0 Å². The average molecular weight is 458 g/mol. The SMILES string of the molecule is O=C(Nc1ncc2ccc(-c3cnn(C4CC4)c3)cc2n1)C1CCN(CC(F)C(F)F)CC1. The van der Waals surface area contributed by atoms with E-state index in [1.807, 2.05) is 35.3 Å². The van der Waals surface area contributed by atoms with Gasteiger partial charge in [-0.3, -0.25) is 14.8 Å². The minimum Gasteiger partial charge on any atom is -0.300 e. The summed E-state index contributed by atoms with van der Waals surface area (Å²) in [5.41, 5.74) is 2.72. The topological polar surface area (TPSA) is 75.9 Å². The zero-order chi connectivity index (χ0) is 22.9. The van der Waals surface area contributed by atoms with Crippen LogP contribution in [-0.4, -0.2) is 62.8 Å². The van der Waals surface area contributed by atoms with E-state index in [1.54, 1.807) is 11.1 Å². The van der Waals surface area contributed by atoms with Crippen LogP contribution in [0.3, 0.4) is 0 Å². The van der Waals surface area contributed by atoms with Crippen LogP contribution >= 0.6 is 0 Å². The number of carbonyl (C=O) groups excluding carboxylic acids is 1. The van der Waals surface area contributed by atoms with Gasteiger partial charge in [0.1, 0.15) is 0 Å². The molecule has 7 nitrogen and oxygen atoms in total. The largest absolute Gasteiger partial charge is 0.300 e. The third-order valence-corrected chi connectivity index (χ3v) is 6.34. The second-order valence-corrected chi connectivity index (χ2v) is 8.82. The monoisotopic (exact) mass is 458 g/mol. The number of nitrogens with one attached hydrogen (secondary N) is 1. The van der Waals surface area contributed by atoms with Gasteiger partial charge in [-0.05, 0) is 50.4 Å². The molecule has 0 radical (unpaired) electrons. The lowest BCUT2D eigenvalue weighted by atomic mass is 9.96. The number of fused-ring (bicyclic) bond motifs is 1. The highest BCUT2D eigenvalue weighted by atomic mass is 19.3. The summed E-state index contributed by atoms with van der Waals surface area (Å²) >= 11 is 0. The van der Waals surface area contributed by atoms with E-state index in [-0.39, 0.29) is 24.3 Å². The first-order valence-corrected chi connectivity index (χ1v) is 11.2. The summed E-state index contributed by atoms with van der Waals surface area (Å²) < 4.78 is 40.1. The molecule has 3 heterocycles. The fraction of sp³-hybridized carbons (Fsp3) is 0.478. The van der Waals surface area contributed by atoms with E-state index in [4.69, 9.17) is 0 Å². The van der Waals surface area contributed by atoms with Crippen molar-refractivity contribution in [3.8, 4) is 11.1 Å². The van der Waals surface area contributed by atoms with Crippen LogP contribution in [0, 0.1) is 5.92 Å². The van der Waals surface area contributed by atoms with E-state index in [0.717, 1.165) is 16.5 Å². The Morgan fingerprint density at radius 2 is 1.88 bits per heavy atom. The molecule has 33 heavy (non-hydrogen) atoms. The van der Waals surface area contributed by atoms with Gasteiger partial charge in [0.25, 0.3) is 6.43 Å². The zero-order valence-electron chi connectivity index (χ0n) is 18.0. The van der Waals surface area contributed by atoms with Crippen molar-refractivity contribution in [1.82, 2.24) is 24.6 Å². The molecule has 0 spiro atoms. The van der Waals surface area contributed by atoms with Gasteiger partial charge in [-0.25, -0.2) is 23.1 Å². The molecular formula is C23H25F3N6O. The molecule has 10 heteroatoms. The molecule has 1 amide bonds. The lowest BCUT2D eigenvalue weighted by Gasteiger charge is -2.31. The van der Waals surface area contributed by atoms with Crippen LogP contribution in [0.15, 0.2) is 36.8 Å². The first-order valence-electron chi connectivity index (χ1n) is 11.2. The molecule has 1 aliphatic heterocycles. The van der Waals surface area contributed by atoms with Crippen LogP contribution in [0.5, 0.6) is 0 Å². The number of likely N-dealkylation sites (tertiary alicyclic amines) is 1. The van der Waals surface area contributed by atoms with E-state index < -0.39 is 12.6 Å². The van der Waals surface area contributed by atoms with Crippen LogP contribution in [0.1, 0.15) is 31.7 Å². The molecule has 1 unspecified atom stereocenters. The number of halogens is 3. The number of benzene rings is 1. The van der Waals surface area contributed by atoms with Crippen molar-refractivity contribution in [3.05, 3.63) is 36.8 Å². The van der Waals surface area contributed by atoms with Crippen LogP contribution in [-0.2, 0) is 4.79 Å². The molecule has 3 aromatic rings. The van der Waals surface area contributed by atoms with Gasteiger partial charge in [0.15, 0.2) is 6.17 Å². The maximum atomic E-state index is 13.3. The van der Waals surface area contributed by atoms with E-state index in [9.17, 15) is 18.0 Å². The average Bonchev–Trinajstić information content (AvgIpc) is 3.55. The summed E-state index contributed by atoms with van der Waals surface area (Å²) in [4.78, 5) is 23.1. The molecule has 1 saturated carbocycles. The molecule has 0 bridgehead atoms. The van der Waals surface area contributed by atoms with Gasteiger partial charge in [0.2, 0.25) is 11.9 Å². The van der Waals surface area contributed by atoms with Crippen molar-refractivity contribution in [3.63, 3.8) is 0 Å². The maximum Gasteiger partial charge on any atom is 0.270 e. The molecule has 1 atom stereocenters. The Balaban J connectivity index is 1.23. The molecule has 5 rings (SSSR count). The summed E-state index contributed by atoms with van der Waals surface area (Å²) in [7, 11) is 0. The molecule has 1 saturated heterocycles. The minimum absolute atomic E-state index is 0.207. The van der Waals surface area contributed by atoms with Crippen LogP contribution in [0.25, 0.3) is 22.0 Å². The van der Waals surface area contributed by atoms with Crippen molar-refractivity contribution < 1.29 is 18.0 Å². The van der Waals surface area contributed by atoms with E-state index >= 15 is 0 Å². The molecule has 1 aromatic carbocycles. The summed E-state index contributed by atoms with van der Waals surface area (Å²) in [5, 5.41) is 8.07. The fourth-order valence-corrected chi connectivity index (χ4v) is 4.21. The highest BCUT2D eigenvalue weighted by Gasteiger charge is 2.29. The molecule has 2 fully saturated rings. The predicted molar refractivity (Wildman–Crippen MR) is 118 cm³/mol. The smallest absolute Gasteiger partial charge is 0.270 e. The molecule has 2 aliphatic rings. The number of nitrogens with zero attached hydrogens (tertiary/aromatic N) is 5. The van der Waals surface area contributed by atoms with Crippen molar-refractivity contribution >= 4 is 22.8 Å². The number of rotatable bonds is 7. The zero-order valence-corrected chi connectivity index (χ0v) is 18.0. The molecular weight excluding hydrogens is 433 g/mol. The highest BCUT2D eigenvalue weighted by molar-refractivity contribution is 5.92. The van der Waals surface area contributed by atoms with Crippen LogP contribution < -0.4 is 5.32 Å². The third kappa shape index (κ3) is 5.00. The third-order valence-electron chi connectivity index (χ3n) is 6.34. The van der Waals surface area contributed by atoms with E-state index in [1.165, 1.54) is 12.8 Å². The summed E-state index contributed by atoms with van der Waals surface area (Å²) in [6.07, 6.45) is 3.71. The van der Waals surface area contributed by atoms with Crippen molar-refractivity contribution in [2.75, 3.05) is 25.0 Å². The Labute approximate surface area is 189 Å². The standard InChI is InChI=1S/C23H25F3N6O/c24-19(21(25)26)13-31-7-5-14(6-8-31)22(33)30-23-27-10-16-2-1-15(9-20(16)29-23)17-11-28-32(12-17)18-3-4-18/h1-2,9-12,14,18-19,21H,3-8,13H2,(H,27,29,30,33). The van der Waals surface area contributed by atoms with Gasteiger partial charge in [-0.2, -0.15) is 5.10 Å². The lowest BCUT2D eigenvalue weighted by Crippen LogP contribution is -2.42. The van der Waals surface area contributed by atoms with Gasteiger partial charge in [0, 0.05) is 35.8 Å². The van der Waals surface area contributed by atoms with E-state index in [2.05, 4.69) is 20.4 Å². The van der Waals surface area contributed by atoms with Crippen LogP contribution in [0.4, 0.5) is 19.1 Å². The number of carbonyl (C=O) groups is 1. The quantitative estimate of drug-likeness (QED) is 0.577. The van der Waals surface area contributed by atoms with Gasteiger partial charge >= 0.3 is 0 Å². The lowest BCUT2D eigenvalue weighted by molar-refractivity contribution is -0.121.